The molecule has 4 aromatic rings. The van der Waals surface area contributed by atoms with Crippen LogP contribution in [0.25, 0.3) is 0 Å². The quantitative estimate of drug-likeness (QED) is 0.221. The van der Waals surface area contributed by atoms with Crippen molar-refractivity contribution in [3.05, 3.63) is 127 Å². The van der Waals surface area contributed by atoms with Crippen LogP contribution in [0.5, 0.6) is 0 Å². The molecule has 4 heteroatoms. The molecule has 3 nitrogen and oxygen atoms in total. The summed E-state index contributed by atoms with van der Waals surface area (Å²) in [6.07, 6.45) is 2.92. The van der Waals surface area contributed by atoms with Gasteiger partial charge in [-0.25, -0.2) is 0 Å². The fraction of sp³-hybridized carbons (Fsp3) is 0.294. The molecule has 4 aromatic carbocycles. The zero-order valence-electron chi connectivity index (χ0n) is 22.4. The maximum atomic E-state index is 6.51. The number of hydrogen-bond acceptors (Lipinski definition) is 3. The molecule has 1 aliphatic heterocycles. The summed E-state index contributed by atoms with van der Waals surface area (Å²) >= 11 is 0. The van der Waals surface area contributed by atoms with Gasteiger partial charge in [-0.05, 0) is 55.8 Å². The van der Waals surface area contributed by atoms with Crippen molar-refractivity contribution < 1.29 is 14.2 Å². The lowest BCUT2D eigenvalue weighted by Crippen LogP contribution is -2.47. The van der Waals surface area contributed by atoms with Crippen molar-refractivity contribution in [1.29, 1.82) is 0 Å². The molecule has 0 spiro atoms. The van der Waals surface area contributed by atoms with Gasteiger partial charge in [0.05, 0.1) is 31.6 Å². The molecule has 5 rings (SSSR count). The molecule has 0 saturated carbocycles. The summed E-state index contributed by atoms with van der Waals surface area (Å²) in [4.78, 5) is 0. The molecule has 0 amide bonds. The van der Waals surface area contributed by atoms with E-state index < -0.39 is 13.0 Å². The summed E-state index contributed by atoms with van der Waals surface area (Å²) in [5.41, 5.74) is 1.18. The predicted molar refractivity (Wildman–Crippen MR) is 159 cm³/mol. The molecular formula is C34H38O3P+. The Kier molecular flexibility index (Phi) is 8.72. The van der Waals surface area contributed by atoms with Gasteiger partial charge in [-0.2, -0.15) is 0 Å². The van der Waals surface area contributed by atoms with Gasteiger partial charge >= 0.3 is 0 Å². The molecule has 2 atom stereocenters. The van der Waals surface area contributed by atoms with Crippen LogP contribution < -0.4 is 15.9 Å². The SMILES string of the molecule is CC1(C)O[C@H](COCc2ccccc2)C[C@H](CC[P+](c2ccccc2)(c2ccccc2)c2ccccc2)O1. The van der Waals surface area contributed by atoms with Crippen LogP contribution in [0.1, 0.15) is 32.3 Å². The summed E-state index contributed by atoms with van der Waals surface area (Å²) in [5.74, 6) is -0.642. The van der Waals surface area contributed by atoms with Crippen molar-refractivity contribution in [3.8, 4) is 0 Å². The number of hydrogen-bond donors (Lipinski definition) is 0. The first-order chi connectivity index (χ1) is 18.6. The highest BCUT2D eigenvalue weighted by molar-refractivity contribution is 7.95. The monoisotopic (exact) mass is 525 g/mol. The third kappa shape index (κ3) is 6.42. The number of rotatable bonds is 10. The van der Waals surface area contributed by atoms with Gasteiger partial charge in [0.15, 0.2) is 5.79 Å². The first-order valence-corrected chi connectivity index (χ1v) is 15.5. The average molecular weight is 526 g/mol. The minimum absolute atomic E-state index is 0.00497. The Morgan fingerprint density at radius 2 is 1.11 bits per heavy atom. The van der Waals surface area contributed by atoms with Crippen molar-refractivity contribution in [2.75, 3.05) is 12.8 Å². The minimum Gasteiger partial charge on any atom is -0.374 e. The first kappa shape index (κ1) is 26.8. The third-order valence-corrected chi connectivity index (χ3v) is 11.7. The number of benzene rings is 4. The van der Waals surface area contributed by atoms with Gasteiger partial charge in [-0.1, -0.05) is 84.9 Å². The van der Waals surface area contributed by atoms with E-state index in [4.69, 9.17) is 14.2 Å². The molecular weight excluding hydrogens is 487 g/mol. The predicted octanol–water partition coefficient (Wildman–Crippen LogP) is 6.50. The van der Waals surface area contributed by atoms with Gasteiger partial charge in [0.1, 0.15) is 23.2 Å². The lowest BCUT2D eigenvalue weighted by Gasteiger charge is -2.41. The van der Waals surface area contributed by atoms with Crippen LogP contribution in [0.4, 0.5) is 0 Å². The molecule has 0 radical (unpaired) electrons. The van der Waals surface area contributed by atoms with E-state index in [9.17, 15) is 0 Å². The second-order valence-corrected chi connectivity index (χ2v) is 14.1. The van der Waals surface area contributed by atoms with Gasteiger partial charge < -0.3 is 14.2 Å². The van der Waals surface area contributed by atoms with Crippen LogP contribution in [-0.4, -0.2) is 30.8 Å². The van der Waals surface area contributed by atoms with Gasteiger partial charge in [0.2, 0.25) is 0 Å². The molecule has 0 bridgehead atoms. The summed E-state index contributed by atoms with van der Waals surface area (Å²) in [6.45, 7) is 5.21. The molecule has 1 fully saturated rings. The Morgan fingerprint density at radius 1 is 0.658 bits per heavy atom. The van der Waals surface area contributed by atoms with E-state index in [0.717, 1.165) is 19.0 Å². The Labute approximate surface area is 228 Å². The van der Waals surface area contributed by atoms with E-state index in [0.29, 0.717) is 13.2 Å². The molecule has 1 aliphatic rings. The standard InChI is InChI=1S/C34H38O3P/c1-34(2)36-29(25-30(37-34)27-35-26-28-15-7-3-8-16-28)23-24-38(31-17-9-4-10-18-31,32-19-11-5-12-20-32)33-21-13-6-14-22-33/h3-22,29-30H,23-27H2,1-2H3/q+1/t29-,30-/m0/s1. The zero-order chi connectivity index (χ0) is 26.3. The van der Waals surface area contributed by atoms with Gasteiger partial charge in [-0.15, -0.1) is 0 Å². The van der Waals surface area contributed by atoms with Crippen LogP contribution in [0.15, 0.2) is 121 Å². The lowest BCUT2D eigenvalue weighted by atomic mass is 10.1. The smallest absolute Gasteiger partial charge is 0.163 e. The summed E-state index contributed by atoms with van der Waals surface area (Å²) in [5, 5.41) is 4.23. The van der Waals surface area contributed by atoms with Crippen LogP contribution in [-0.2, 0) is 20.8 Å². The van der Waals surface area contributed by atoms with Crippen molar-refractivity contribution in [3.63, 3.8) is 0 Å². The van der Waals surface area contributed by atoms with E-state index in [-0.39, 0.29) is 12.2 Å². The van der Waals surface area contributed by atoms with Crippen LogP contribution in [0.2, 0.25) is 0 Å². The molecule has 38 heavy (non-hydrogen) atoms. The first-order valence-electron chi connectivity index (χ1n) is 13.6. The van der Waals surface area contributed by atoms with E-state index in [1.807, 2.05) is 32.0 Å². The largest absolute Gasteiger partial charge is 0.374 e. The van der Waals surface area contributed by atoms with Crippen molar-refractivity contribution in [1.82, 2.24) is 0 Å². The highest BCUT2D eigenvalue weighted by atomic mass is 31.2. The molecule has 196 valence electrons. The molecule has 1 saturated heterocycles. The van der Waals surface area contributed by atoms with Crippen molar-refractivity contribution >= 4 is 23.2 Å². The van der Waals surface area contributed by atoms with E-state index in [2.05, 4.69) is 103 Å². The summed E-state index contributed by atoms with van der Waals surface area (Å²) < 4.78 is 18.9. The minimum atomic E-state index is -1.89. The summed E-state index contributed by atoms with van der Waals surface area (Å²) in [7, 11) is -1.89. The van der Waals surface area contributed by atoms with E-state index >= 15 is 0 Å². The average Bonchev–Trinajstić information content (AvgIpc) is 2.95. The van der Waals surface area contributed by atoms with Crippen LogP contribution >= 0.6 is 7.26 Å². The van der Waals surface area contributed by atoms with Gasteiger partial charge in [-0.3, -0.25) is 0 Å². The fourth-order valence-electron chi connectivity index (χ4n) is 5.60. The molecule has 0 N–H and O–H groups in total. The van der Waals surface area contributed by atoms with Crippen LogP contribution in [0, 0.1) is 0 Å². The highest BCUT2D eigenvalue weighted by Gasteiger charge is 2.46. The second-order valence-electron chi connectivity index (χ2n) is 10.4. The van der Waals surface area contributed by atoms with Crippen molar-refractivity contribution in [2.24, 2.45) is 0 Å². The Balaban J connectivity index is 1.38. The van der Waals surface area contributed by atoms with Crippen LogP contribution in [0.3, 0.4) is 0 Å². The van der Waals surface area contributed by atoms with Gasteiger partial charge in [0, 0.05) is 12.8 Å². The number of ether oxygens (including phenoxy) is 3. The third-order valence-electron chi connectivity index (χ3n) is 7.22. The van der Waals surface area contributed by atoms with E-state index in [1.165, 1.54) is 21.5 Å². The topological polar surface area (TPSA) is 27.7 Å². The maximum Gasteiger partial charge on any atom is 0.163 e. The van der Waals surface area contributed by atoms with E-state index in [1.54, 1.807) is 0 Å². The second kappa shape index (κ2) is 12.4. The summed E-state index contributed by atoms with van der Waals surface area (Å²) in [6, 6.07) is 43.5. The molecule has 0 aromatic heterocycles. The highest BCUT2D eigenvalue weighted by Crippen LogP contribution is 2.56. The molecule has 0 aliphatic carbocycles. The van der Waals surface area contributed by atoms with Gasteiger partial charge in [0.25, 0.3) is 0 Å². The normalized spacial score (nSPS) is 19.2. The Hall–Kier alpha value is -2.81. The Bertz CT molecular complexity index is 1150. The molecule has 1 heterocycles. The molecule has 0 unspecified atom stereocenters. The zero-order valence-corrected chi connectivity index (χ0v) is 23.3. The fourth-order valence-corrected chi connectivity index (χ4v) is 9.99. The Morgan fingerprint density at radius 3 is 1.61 bits per heavy atom. The lowest BCUT2D eigenvalue weighted by molar-refractivity contribution is -0.305. The maximum absolute atomic E-state index is 6.51. The van der Waals surface area contributed by atoms with Crippen molar-refractivity contribution in [2.45, 2.75) is 51.3 Å².